The number of carbonyl (C=O) groups is 1. The van der Waals surface area contributed by atoms with Crippen LogP contribution in [0.1, 0.15) is 6.92 Å². The maximum atomic E-state index is 8.89. The van der Waals surface area contributed by atoms with E-state index in [4.69, 9.17) is 9.90 Å². The Balaban J connectivity index is -0.00000000450. The van der Waals surface area contributed by atoms with Gasteiger partial charge in [-0.15, -0.1) is 0 Å². The van der Waals surface area contributed by atoms with Crippen LogP contribution in [0.3, 0.4) is 0 Å². The summed E-state index contributed by atoms with van der Waals surface area (Å²) in [4.78, 5) is 8.89. The van der Waals surface area contributed by atoms with Gasteiger partial charge in [0.15, 0.2) is 0 Å². The average molecular weight is 231 g/mol. The van der Waals surface area contributed by atoms with Gasteiger partial charge in [0.25, 0.3) is 0 Å². The summed E-state index contributed by atoms with van der Waals surface area (Å²) in [5.74, 6) is -1.08. The van der Waals surface area contributed by atoms with E-state index in [2.05, 4.69) is 0 Å². The fraction of sp³-hybridized carbons (Fsp3) is 0.500. The van der Waals surface area contributed by atoms with E-state index in [9.17, 15) is 0 Å². The van der Waals surface area contributed by atoms with Gasteiger partial charge in [0.1, 0.15) is 0 Å². The largest absolute Gasteiger partial charge is 3.00 e. The fourth-order valence-electron chi connectivity index (χ4n) is 0. The molecule has 0 heterocycles. The number of carbonyl (C=O) groups excluding carboxylic acids is 1. The molecule has 0 atom stereocenters. The molecule has 0 aromatic heterocycles. The smallest absolute Gasteiger partial charge is 1.00 e. The fourth-order valence-corrected chi connectivity index (χ4v) is 0. The molecule has 0 spiro atoms. The van der Waals surface area contributed by atoms with Crippen LogP contribution >= 0.6 is 0 Å². The van der Waals surface area contributed by atoms with Gasteiger partial charge in [-0.25, -0.2) is 0 Å². The van der Waals surface area contributed by atoms with Crippen molar-refractivity contribution in [3.8, 4) is 0 Å². The van der Waals surface area contributed by atoms with Crippen molar-refractivity contribution in [1.29, 1.82) is 0 Å². The summed E-state index contributed by atoms with van der Waals surface area (Å²) in [5, 5.41) is 8.89. The van der Waals surface area contributed by atoms with Crippen LogP contribution < -0.4 is 93.7 Å². The van der Waals surface area contributed by atoms with Crippen LogP contribution in [0.15, 0.2) is 0 Å². The molecule has 0 aliphatic rings. The molecule has 0 aliphatic heterocycles. The Labute approximate surface area is 126 Å². The zero-order chi connectivity index (χ0) is 3.58. The van der Waals surface area contributed by atoms with Gasteiger partial charge >= 0.3 is 68.7 Å². The predicted octanol–water partition coefficient (Wildman–Crippen LogP) is -13.6. The Hall–Kier alpha value is 2.51. The minimum Gasteiger partial charge on any atom is -1.00 e. The molecule has 0 rings (SSSR count). The molecule has 0 saturated carbocycles. The number of hydrogen-bond acceptors (Lipinski definition) is 2. The normalized spacial score (nSPS) is 2.78. The molecular formula is C2H3AlCl3KO2. The number of rotatable bonds is 0. The molecule has 2 nitrogen and oxygen atoms in total. The second-order valence-corrected chi connectivity index (χ2v) is 0.492. The summed E-state index contributed by atoms with van der Waals surface area (Å²) in [5.41, 5.74) is 0. The summed E-state index contributed by atoms with van der Waals surface area (Å²) in [6.07, 6.45) is 0. The van der Waals surface area contributed by atoms with E-state index in [0.717, 1.165) is 6.92 Å². The van der Waals surface area contributed by atoms with Crippen molar-refractivity contribution in [1.82, 2.24) is 0 Å². The Bertz CT molecular complexity index is 42.8. The second kappa shape index (κ2) is 31.3. The van der Waals surface area contributed by atoms with Gasteiger partial charge in [0.2, 0.25) is 0 Å². The molecule has 0 saturated heterocycles. The molecule has 0 aromatic carbocycles. The quantitative estimate of drug-likeness (QED) is 0.389. The Morgan fingerprint density at radius 1 is 1.22 bits per heavy atom. The minimum absolute atomic E-state index is 0. The maximum absolute atomic E-state index is 8.89. The number of carboxylic acid groups (broad SMARTS) is 1. The molecule has 7 heteroatoms. The molecule has 0 fully saturated rings. The van der Waals surface area contributed by atoms with E-state index in [0.29, 0.717) is 0 Å². The van der Waals surface area contributed by atoms with Crippen molar-refractivity contribution < 1.29 is 98.5 Å². The topological polar surface area (TPSA) is 40.1 Å². The van der Waals surface area contributed by atoms with E-state index in [1.54, 1.807) is 0 Å². The van der Waals surface area contributed by atoms with Crippen molar-refractivity contribution >= 4 is 23.3 Å². The first kappa shape index (κ1) is 41.9. The zero-order valence-electron chi connectivity index (χ0n) is 5.03. The SMILES string of the molecule is CC(=O)[O-].[Al+3].[Cl-].[Cl-].[Cl-].[K+]. The van der Waals surface area contributed by atoms with Crippen LogP contribution in [0.5, 0.6) is 0 Å². The van der Waals surface area contributed by atoms with Gasteiger partial charge in [-0.2, -0.15) is 0 Å². The van der Waals surface area contributed by atoms with Crippen molar-refractivity contribution in [3.63, 3.8) is 0 Å². The van der Waals surface area contributed by atoms with Crippen molar-refractivity contribution in [3.05, 3.63) is 0 Å². The average Bonchev–Trinajstić information content (AvgIpc) is 0.811. The summed E-state index contributed by atoms with van der Waals surface area (Å²) >= 11 is 0. The van der Waals surface area contributed by atoms with Crippen LogP contribution in [-0.2, 0) is 4.79 Å². The van der Waals surface area contributed by atoms with Crippen LogP contribution in [0.4, 0.5) is 0 Å². The summed E-state index contributed by atoms with van der Waals surface area (Å²) in [6, 6.07) is 0. The predicted molar refractivity (Wildman–Crippen MR) is 16.4 cm³/mol. The Kier molecular flexibility index (Phi) is 146. The molecule has 48 valence electrons. The van der Waals surface area contributed by atoms with E-state index in [-0.39, 0.29) is 106 Å². The Morgan fingerprint density at radius 3 is 1.22 bits per heavy atom. The molecule has 0 aromatic rings. The third-order valence-electron chi connectivity index (χ3n) is 0. The maximum Gasteiger partial charge on any atom is 3.00 e. The summed E-state index contributed by atoms with van der Waals surface area (Å²) in [6.45, 7) is 0.972. The minimum atomic E-state index is -1.08. The molecule has 0 aliphatic carbocycles. The van der Waals surface area contributed by atoms with Crippen LogP contribution in [0.2, 0.25) is 0 Å². The number of hydrogen-bond donors (Lipinski definition) is 0. The van der Waals surface area contributed by atoms with Gasteiger partial charge in [-0.1, -0.05) is 0 Å². The van der Waals surface area contributed by atoms with Crippen molar-refractivity contribution in [2.45, 2.75) is 6.92 Å². The van der Waals surface area contributed by atoms with Crippen LogP contribution in [0.25, 0.3) is 0 Å². The second-order valence-electron chi connectivity index (χ2n) is 0.492. The molecule has 0 bridgehead atoms. The van der Waals surface area contributed by atoms with Crippen molar-refractivity contribution in [2.24, 2.45) is 0 Å². The van der Waals surface area contributed by atoms with Gasteiger partial charge < -0.3 is 47.1 Å². The summed E-state index contributed by atoms with van der Waals surface area (Å²) in [7, 11) is 0. The first-order chi connectivity index (χ1) is 1.73. The van der Waals surface area contributed by atoms with Gasteiger partial charge in [0, 0.05) is 5.97 Å². The van der Waals surface area contributed by atoms with Crippen LogP contribution in [-0.4, -0.2) is 23.3 Å². The molecule has 0 N–H and O–H groups in total. The summed E-state index contributed by atoms with van der Waals surface area (Å²) < 4.78 is 0. The molecule has 0 amide bonds. The van der Waals surface area contributed by atoms with Crippen molar-refractivity contribution in [2.75, 3.05) is 0 Å². The first-order valence-corrected chi connectivity index (χ1v) is 0.908. The number of aliphatic carboxylic acids is 1. The van der Waals surface area contributed by atoms with E-state index >= 15 is 0 Å². The van der Waals surface area contributed by atoms with E-state index in [1.807, 2.05) is 0 Å². The third kappa shape index (κ3) is 121. The Morgan fingerprint density at radius 2 is 1.22 bits per heavy atom. The standard InChI is InChI=1S/C2H4O2.Al.3ClH.K/c1-2(3)4;;;;;/h1H3,(H,3,4);;3*1H;/q;+3;;;;+1/p-4. The van der Waals surface area contributed by atoms with Crippen LogP contribution in [0, 0.1) is 0 Å². The molecular weight excluding hydrogens is 228 g/mol. The monoisotopic (exact) mass is 230 g/mol. The number of carboxylic acids is 1. The number of halogens is 3. The molecule has 0 unspecified atom stereocenters. The molecule has 0 radical (unpaired) electrons. The van der Waals surface area contributed by atoms with E-state index < -0.39 is 5.97 Å². The zero-order valence-corrected chi connectivity index (χ0v) is 11.6. The third-order valence-corrected chi connectivity index (χ3v) is 0. The van der Waals surface area contributed by atoms with Gasteiger partial charge in [-0.05, 0) is 6.92 Å². The molecule has 9 heavy (non-hydrogen) atoms. The van der Waals surface area contributed by atoms with Gasteiger partial charge in [-0.3, -0.25) is 0 Å². The van der Waals surface area contributed by atoms with E-state index in [1.165, 1.54) is 0 Å². The van der Waals surface area contributed by atoms with Gasteiger partial charge in [0.05, 0.1) is 0 Å². The first-order valence-electron chi connectivity index (χ1n) is 0.908.